The summed E-state index contributed by atoms with van der Waals surface area (Å²) >= 11 is 1.84. The lowest BCUT2D eigenvalue weighted by Crippen LogP contribution is -2.49. The Morgan fingerprint density at radius 3 is 2.08 bits per heavy atom. The van der Waals surface area contributed by atoms with E-state index >= 15 is 0 Å². The Kier molecular flexibility index (Phi) is 7.56. The van der Waals surface area contributed by atoms with Gasteiger partial charge in [0.2, 0.25) is 0 Å². The summed E-state index contributed by atoms with van der Waals surface area (Å²) in [5, 5.41) is 0. The molecule has 4 unspecified atom stereocenters. The maximum atomic E-state index is 6.34. The quantitative estimate of drug-likeness (QED) is 0.658. The lowest BCUT2D eigenvalue weighted by atomic mass is 9.97. The molecule has 2 aromatic carbocycles. The van der Waals surface area contributed by atoms with Crippen LogP contribution in [0.2, 0.25) is 0 Å². The van der Waals surface area contributed by atoms with Gasteiger partial charge in [-0.3, -0.25) is 0 Å². The fourth-order valence-corrected chi connectivity index (χ4v) is 4.20. The molecule has 3 nitrogen and oxygen atoms in total. The molecule has 0 radical (unpaired) electrons. The van der Waals surface area contributed by atoms with Crippen LogP contribution in [0.5, 0.6) is 0 Å². The van der Waals surface area contributed by atoms with E-state index < -0.39 is 0 Å². The highest BCUT2D eigenvalue weighted by molar-refractivity contribution is 7.99. The molecule has 0 spiro atoms. The molecule has 4 heteroatoms. The van der Waals surface area contributed by atoms with Gasteiger partial charge in [0.1, 0.15) is 11.5 Å². The van der Waals surface area contributed by atoms with Crippen molar-refractivity contribution < 1.29 is 14.2 Å². The van der Waals surface area contributed by atoms with Crippen LogP contribution in [0.15, 0.2) is 60.7 Å². The summed E-state index contributed by atoms with van der Waals surface area (Å²) in [6, 6.07) is 20.6. The van der Waals surface area contributed by atoms with Crippen LogP contribution < -0.4 is 0 Å². The normalized spacial score (nSPS) is 25.9. The summed E-state index contributed by atoms with van der Waals surface area (Å²) in [5.41, 5.74) is 2.53. The minimum Gasteiger partial charge on any atom is -0.370 e. The lowest BCUT2D eigenvalue weighted by molar-refractivity contribution is -0.179. The first kappa shape index (κ1) is 19.4. The first-order valence-corrected chi connectivity index (χ1v) is 10.4. The molecule has 2 aromatic rings. The monoisotopic (exact) mass is 372 g/mol. The molecule has 1 aliphatic heterocycles. The van der Waals surface area contributed by atoms with Gasteiger partial charge in [-0.25, -0.2) is 0 Å². The van der Waals surface area contributed by atoms with Crippen molar-refractivity contribution in [2.24, 2.45) is 5.92 Å². The van der Waals surface area contributed by atoms with Crippen molar-refractivity contribution in [3.05, 3.63) is 71.8 Å². The fourth-order valence-electron chi connectivity index (χ4n) is 3.24. The largest absolute Gasteiger partial charge is 0.370 e. The summed E-state index contributed by atoms with van der Waals surface area (Å²) in [4.78, 5) is 0. The molecule has 1 aliphatic rings. The third-order valence-corrected chi connectivity index (χ3v) is 5.89. The second-order valence-electron chi connectivity index (χ2n) is 6.61. The molecule has 0 aliphatic carbocycles. The van der Waals surface area contributed by atoms with Crippen molar-refractivity contribution in [3.63, 3.8) is 0 Å². The molecule has 0 aromatic heterocycles. The van der Waals surface area contributed by atoms with E-state index in [0.29, 0.717) is 19.8 Å². The third-order valence-electron chi connectivity index (χ3n) is 4.66. The minimum atomic E-state index is -0.0531. The molecule has 0 saturated carbocycles. The van der Waals surface area contributed by atoms with Gasteiger partial charge < -0.3 is 14.2 Å². The Morgan fingerprint density at radius 2 is 1.50 bits per heavy atom. The summed E-state index contributed by atoms with van der Waals surface area (Å²) in [6.07, 6.45) is -0.0284. The van der Waals surface area contributed by atoms with Crippen LogP contribution in [-0.2, 0) is 27.4 Å². The van der Waals surface area contributed by atoms with Crippen LogP contribution in [0.25, 0.3) is 0 Å². The molecular formula is C22H28O3S. The molecule has 1 heterocycles. The number of ether oxygens (including phenoxy) is 3. The Hall–Kier alpha value is -1.33. The Morgan fingerprint density at radius 1 is 0.923 bits per heavy atom. The van der Waals surface area contributed by atoms with Gasteiger partial charge in [0.15, 0.2) is 0 Å². The summed E-state index contributed by atoms with van der Waals surface area (Å²) in [5.74, 6) is 1.31. The summed E-state index contributed by atoms with van der Waals surface area (Å²) in [6.45, 7) is 6.14. The number of rotatable bonds is 8. The van der Waals surface area contributed by atoms with Crippen molar-refractivity contribution in [1.82, 2.24) is 0 Å². The molecule has 0 N–H and O–H groups in total. The van der Waals surface area contributed by atoms with E-state index in [-0.39, 0.29) is 23.6 Å². The molecule has 0 amide bonds. The second kappa shape index (κ2) is 10.1. The van der Waals surface area contributed by atoms with Crippen LogP contribution >= 0.6 is 11.8 Å². The first-order chi connectivity index (χ1) is 12.8. The van der Waals surface area contributed by atoms with Gasteiger partial charge in [-0.15, -0.1) is 11.8 Å². The average molecular weight is 373 g/mol. The maximum absolute atomic E-state index is 6.34. The minimum absolute atomic E-state index is 0.0247. The van der Waals surface area contributed by atoms with Crippen molar-refractivity contribution >= 4 is 11.8 Å². The highest BCUT2D eigenvalue weighted by atomic mass is 32.2. The molecule has 1 saturated heterocycles. The van der Waals surface area contributed by atoms with Gasteiger partial charge in [-0.2, -0.15) is 0 Å². The molecular weight excluding hydrogens is 344 g/mol. The van der Waals surface area contributed by atoms with Crippen molar-refractivity contribution in [1.29, 1.82) is 0 Å². The molecule has 1 fully saturated rings. The number of hydrogen-bond donors (Lipinski definition) is 0. The van der Waals surface area contributed by atoms with E-state index in [4.69, 9.17) is 14.2 Å². The SMILES string of the molecule is CCSC1OCC(OCc2ccccc2)C(OCc2ccccc2)C1C. The van der Waals surface area contributed by atoms with E-state index in [2.05, 4.69) is 38.1 Å². The highest BCUT2D eigenvalue weighted by Crippen LogP contribution is 2.33. The number of hydrogen-bond acceptors (Lipinski definition) is 4. The Bertz CT molecular complexity index is 634. The summed E-state index contributed by atoms with van der Waals surface area (Å²) in [7, 11) is 0. The molecule has 26 heavy (non-hydrogen) atoms. The fraction of sp³-hybridized carbons (Fsp3) is 0.455. The van der Waals surface area contributed by atoms with Gasteiger partial charge in [0, 0.05) is 5.92 Å². The van der Waals surface area contributed by atoms with Crippen LogP contribution in [-0.4, -0.2) is 30.0 Å². The topological polar surface area (TPSA) is 27.7 Å². The Labute approximate surface area is 161 Å². The van der Waals surface area contributed by atoms with Gasteiger partial charge in [0.05, 0.1) is 25.9 Å². The van der Waals surface area contributed by atoms with Gasteiger partial charge in [0.25, 0.3) is 0 Å². The van der Waals surface area contributed by atoms with Gasteiger partial charge >= 0.3 is 0 Å². The van der Waals surface area contributed by atoms with E-state index in [9.17, 15) is 0 Å². The lowest BCUT2D eigenvalue weighted by Gasteiger charge is -2.40. The van der Waals surface area contributed by atoms with E-state index in [1.54, 1.807) is 0 Å². The summed E-state index contributed by atoms with van der Waals surface area (Å²) < 4.78 is 18.6. The predicted molar refractivity (Wildman–Crippen MR) is 107 cm³/mol. The zero-order chi connectivity index (χ0) is 18.2. The number of thioether (sulfide) groups is 1. The number of benzene rings is 2. The van der Waals surface area contributed by atoms with Crippen molar-refractivity contribution in [3.8, 4) is 0 Å². The molecule has 140 valence electrons. The standard InChI is InChI=1S/C22H28O3S/c1-3-26-22-17(2)21(24-15-19-12-8-5-9-13-19)20(16-25-22)23-14-18-10-6-4-7-11-18/h4-13,17,20-22H,3,14-16H2,1-2H3. The highest BCUT2D eigenvalue weighted by Gasteiger charge is 2.39. The van der Waals surface area contributed by atoms with E-state index in [0.717, 1.165) is 5.75 Å². The molecule has 0 bridgehead atoms. The zero-order valence-electron chi connectivity index (χ0n) is 15.5. The van der Waals surface area contributed by atoms with Crippen LogP contribution in [0.4, 0.5) is 0 Å². The van der Waals surface area contributed by atoms with Crippen LogP contribution in [0.1, 0.15) is 25.0 Å². The third kappa shape index (κ3) is 5.34. The van der Waals surface area contributed by atoms with Crippen molar-refractivity contribution in [2.75, 3.05) is 12.4 Å². The van der Waals surface area contributed by atoms with Crippen molar-refractivity contribution in [2.45, 2.75) is 44.7 Å². The van der Waals surface area contributed by atoms with Crippen LogP contribution in [0.3, 0.4) is 0 Å². The maximum Gasteiger partial charge on any atom is 0.108 e. The Balaban J connectivity index is 1.64. The van der Waals surface area contributed by atoms with Gasteiger partial charge in [-0.1, -0.05) is 74.5 Å². The second-order valence-corrected chi connectivity index (χ2v) is 7.99. The van der Waals surface area contributed by atoms with Gasteiger partial charge in [-0.05, 0) is 16.9 Å². The van der Waals surface area contributed by atoms with E-state index in [1.807, 2.05) is 48.2 Å². The molecule has 4 atom stereocenters. The zero-order valence-corrected chi connectivity index (χ0v) is 16.4. The average Bonchev–Trinajstić information content (AvgIpc) is 2.69. The predicted octanol–water partition coefficient (Wildman–Crippen LogP) is 4.90. The smallest absolute Gasteiger partial charge is 0.108 e. The van der Waals surface area contributed by atoms with E-state index in [1.165, 1.54) is 11.1 Å². The first-order valence-electron chi connectivity index (χ1n) is 9.32. The van der Waals surface area contributed by atoms with Crippen LogP contribution in [0, 0.1) is 5.92 Å². The molecule has 3 rings (SSSR count).